The van der Waals surface area contributed by atoms with Crippen LogP contribution >= 0.6 is 0 Å². The van der Waals surface area contributed by atoms with E-state index in [1.807, 2.05) is 19.9 Å². The van der Waals surface area contributed by atoms with E-state index < -0.39 is 0 Å². The van der Waals surface area contributed by atoms with Crippen molar-refractivity contribution in [2.45, 2.75) is 40.0 Å². The fraction of sp³-hybridized carbons (Fsp3) is 0.438. The highest BCUT2D eigenvalue weighted by Gasteiger charge is 2.13. The molecule has 0 aliphatic carbocycles. The Morgan fingerprint density at radius 2 is 1.94 bits per heavy atom. The molecule has 0 saturated carbocycles. The highest BCUT2D eigenvalue weighted by atomic mass is 16.5. The van der Waals surface area contributed by atoms with E-state index in [2.05, 4.69) is 26.2 Å². The predicted molar refractivity (Wildman–Crippen MR) is 80.1 cm³/mol. The Balaban J connectivity index is 5.37. The number of hydrogen-bond acceptors (Lipinski definition) is 2. The van der Waals surface area contributed by atoms with Crippen LogP contribution in [0.25, 0.3) is 0 Å². The van der Waals surface area contributed by atoms with Crippen molar-refractivity contribution in [3.05, 3.63) is 47.8 Å². The van der Waals surface area contributed by atoms with E-state index >= 15 is 0 Å². The second kappa shape index (κ2) is 8.51. The molecule has 0 fully saturated rings. The molecule has 0 aliphatic heterocycles. The summed E-state index contributed by atoms with van der Waals surface area (Å²) in [4.78, 5) is 0. The maximum Gasteiger partial charge on any atom is 0.136 e. The van der Waals surface area contributed by atoms with Gasteiger partial charge in [0, 0.05) is 0 Å². The maximum atomic E-state index is 8.13. The lowest BCUT2D eigenvalue weighted by Gasteiger charge is -2.15. The van der Waals surface area contributed by atoms with E-state index in [-0.39, 0.29) is 0 Å². The van der Waals surface area contributed by atoms with Gasteiger partial charge in [-0.1, -0.05) is 43.4 Å². The number of rotatable bonds is 8. The summed E-state index contributed by atoms with van der Waals surface area (Å²) in [6.07, 6.45) is 6.62. The lowest BCUT2D eigenvalue weighted by atomic mass is 9.93. The zero-order valence-electron chi connectivity index (χ0n) is 12.1. The first kappa shape index (κ1) is 16.4. The molecular weight excluding hydrogens is 222 g/mol. The van der Waals surface area contributed by atoms with Crippen molar-refractivity contribution < 1.29 is 4.74 Å². The van der Waals surface area contributed by atoms with E-state index in [4.69, 9.17) is 10.1 Å². The Bertz CT molecular complexity index is 386. The van der Waals surface area contributed by atoms with Crippen molar-refractivity contribution in [3.63, 3.8) is 0 Å². The summed E-state index contributed by atoms with van der Waals surface area (Å²) in [6.45, 7) is 13.8. The molecule has 1 N–H and O–H groups in total. The van der Waals surface area contributed by atoms with Gasteiger partial charge in [-0.05, 0) is 38.7 Å². The number of ether oxygens (including phenoxy) is 1. The van der Waals surface area contributed by atoms with Gasteiger partial charge < -0.3 is 4.74 Å². The zero-order valence-corrected chi connectivity index (χ0v) is 12.1. The molecule has 0 aromatic heterocycles. The van der Waals surface area contributed by atoms with Crippen LogP contribution in [-0.4, -0.2) is 12.8 Å². The molecule has 0 aromatic carbocycles. The summed E-state index contributed by atoms with van der Waals surface area (Å²) in [5.41, 5.74) is 3.76. The molecule has 0 radical (unpaired) electrons. The smallest absolute Gasteiger partial charge is 0.136 e. The molecule has 100 valence electrons. The van der Waals surface area contributed by atoms with E-state index in [0.717, 1.165) is 30.4 Å². The van der Waals surface area contributed by atoms with Gasteiger partial charge in [0.2, 0.25) is 0 Å². The quantitative estimate of drug-likeness (QED) is 0.373. The average molecular weight is 247 g/mol. The van der Waals surface area contributed by atoms with Crippen LogP contribution < -0.4 is 0 Å². The number of nitrogens with one attached hydrogen (secondary N) is 1. The van der Waals surface area contributed by atoms with E-state index in [1.165, 1.54) is 5.57 Å². The van der Waals surface area contributed by atoms with Crippen LogP contribution in [0.1, 0.15) is 40.0 Å². The standard InChI is InChI=1S/C16H25NO/c1-7-9-10-14(11-12(3)4)15(8-2)16(17)13(5)18-6/h7,9,17H,3,5,8,10-11H2,1-2,4,6H3/b9-7?,15-14-,17-16?. The minimum Gasteiger partial charge on any atom is -0.495 e. The van der Waals surface area contributed by atoms with Crippen LogP contribution in [0.4, 0.5) is 0 Å². The number of methoxy groups -OCH3 is 1. The predicted octanol–water partition coefficient (Wildman–Crippen LogP) is 4.81. The minimum absolute atomic E-state index is 0.403. The van der Waals surface area contributed by atoms with Crippen LogP contribution in [0.5, 0.6) is 0 Å². The SMILES string of the molecule is C=C(C)C/C(CC=CC)=C(/CC)C(=N)C(=C)OC. The molecule has 0 aromatic rings. The lowest BCUT2D eigenvalue weighted by Crippen LogP contribution is -2.09. The van der Waals surface area contributed by atoms with Crippen LogP contribution in [0.3, 0.4) is 0 Å². The van der Waals surface area contributed by atoms with Gasteiger partial charge in [-0.3, -0.25) is 5.41 Å². The van der Waals surface area contributed by atoms with Gasteiger partial charge in [-0.25, -0.2) is 0 Å². The lowest BCUT2D eigenvalue weighted by molar-refractivity contribution is 0.316. The number of hydrogen-bond donors (Lipinski definition) is 1. The molecule has 0 amide bonds. The fourth-order valence-corrected chi connectivity index (χ4v) is 1.80. The summed E-state index contributed by atoms with van der Waals surface area (Å²) in [5.74, 6) is 0.423. The van der Waals surface area contributed by atoms with Gasteiger partial charge >= 0.3 is 0 Å². The first-order valence-corrected chi connectivity index (χ1v) is 6.26. The molecule has 0 bridgehead atoms. The topological polar surface area (TPSA) is 33.1 Å². The molecule has 0 rings (SSSR count). The van der Waals surface area contributed by atoms with E-state index in [1.54, 1.807) is 7.11 Å². The maximum absolute atomic E-state index is 8.13. The van der Waals surface area contributed by atoms with Gasteiger partial charge in [-0.15, -0.1) is 0 Å². The summed E-state index contributed by atoms with van der Waals surface area (Å²) < 4.78 is 5.06. The molecule has 0 heterocycles. The van der Waals surface area contributed by atoms with E-state index in [9.17, 15) is 0 Å². The molecule has 18 heavy (non-hydrogen) atoms. The van der Waals surface area contributed by atoms with Crippen molar-refractivity contribution in [1.82, 2.24) is 0 Å². The molecule has 2 heteroatoms. The van der Waals surface area contributed by atoms with Gasteiger partial charge in [0.15, 0.2) is 0 Å². The first-order chi connectivity index (χ1) is 8.47. The van der Waals surface area contributed by atoms with Crippen molar-refractivity contribution >= 4 is 5.71 Å². The molecule has 2 nitrogen and oxygen atoms in total. The molecule has 0 saturated heterocycles. The largest absolute Gasteiger partial charge is 0.495 e. The Morgan fingerprint density at radius 1 is 1.33 bits per heavy atom. The van der Waals surface area contributed by atoms with Crippen LogP contribution in [0, 0.1) is 5.41 Å². The highest BCUT2D eigenvalue weighted by Crippen LogP contribution is 2.23. The third-order valence-corrected chi connectivity index (χ3v) is 2.72. The summed E-state index contributed by atoms with van der Waals surface area (Å²) in [5, 5.41) is 8.13. The van der Waals surface area contributed by atoms with Crippen molar-refractivity contribution in [3.8, 4) is 0 Å². The fourth-order valence-electron chi connectivity index (χ4n) is 1.80. The first-order valence-electron chi connectivity index (χ1n) is 6.26. The normalized spacial score (nSPS) is 12.2. The third kappa shape index (κ3) is 5.17. The molecule has 0 aliphatic rings. The monoisotopic (exact) mass is 247 g/mol. The minimum atomic E-state index is 0.403. The van der Waals surface area contributed by atoms with Crippen molar-refractivity contribution in [2.75, 3.05) is 7.11 Å². The third-order valence-electron chi connectivity index (χ3n) is 2.72. The average Bonchev–Trinajstić information content (AvgIpc) is 2.34. The Hall–Kier alpha value is -1.57. The van der Waals surface area contributed by atoms with Crippen LogP contribution in [0.15, 0.2) is 47.8 Å². The van der Waals surface area contributed by atoms with E-state index in [0.29, 0.717) is 11.5 Å². The van der Waals surface area contributed by atoms with Gasteiger partial charge in [0.1, 0.15) is 5.76 Å². The van der Waals surface area contributed by atoms with Crippen molar-refractivity contribution in [1.29, 1.82) is 5.41 Å². The second-order valence-corrected chi connectivity index (χ2v) is 4.35. The van der Waals surface area contributed by atoms with Crippen LogP contribution in [0.2, 0.25) is 0 Å². The molecule has 0 spiro atoms. The second-order valence-electron chi connectivity index (χ2n) is 4.35. The van der Waals surface area contributed by atoms with Crippen molar-refractivity contribution in [2.24, 2.45) is 0 Å². The molecular formula is C16H25NO. The molecule has 0 atom stereocenters. The Morgan fingerprint density at radius 3 is 2.33 bits per heavy atom. The summed E-state index contributed by atoms with van der Waals surface area (Å²) in [6, 6.07) is 0. The Kier molecular flexibility index (Phi) is 7.77. The highest BCUT2D eigenvalue weighted by molar-refractivity contribution is 6.09. The zero-order chi connectivity index (χ0) is 14.1. The summed E-state index contributed by atoms with van der Waals surface area (Å²) in [7, 11) is 1.55. The van der Waals surface area contributed by atoms with Gasteiger partial charge in [-0.2, -0.15) is 0 Å². The van der Waals surface area contributed by atoms with Gasteiger partial charge in [0.05, 0.1) is 12.8 Å². The van der Waals surface area contributed by atoms with Gasteiger partial charge in [0.25, 0.3) is 0 Å². The molecule has 0 unspecified atom stereocenters. The Labute approximate surface area is 111 Å². The number of allylic oxidation sites excluding steroid dienone is 5. The summed E-state index contributed by atoms with van der Waals surface area (Å²) >= 11 is 0. The van der Waals surface area contributed by atoms with Crippen LogP contribution in [-0.2, 0) is 4.74 Å².